The van der Waals surface area contributed by atoms with Crippen LogP contribution in [0.25, 0.3) is 10.8 Å². The van der Waals surface area contributed by atoms with Crippen LogP contribution < -0.4 is 5.32 Å². The number of benzene rings is 3. The van der Waals surface area contributed by atoms with Crippen molar-refractivity contribution in [2.45, 2.75) is 10.1 Å². The molecule has 0 fully saturated rings. The third-order valence-electron chi connectivity index (χ3n) is 3.97. The summed E-state index contributed by atoms with van der Waals surface area (Å²) in [5.74, 6) is -0.00826. The number of thioether (sulfide) groups is 1. The molecule has 0 atom stereocenters. The Morgan fingerprint density at radius 1 is 1.00 bits per heavy atom. The van der Waals surface area contributed by atoms with E-state index >= 15 is 0 Å². The molecule has 134 valence electrons. The van der Waals surface area contributed by atoms with E-state index in [0.717, 1.165) is 10.8 Å². The Bertz CT molecular complexity index is 1110. The zero-order valence-electron chi connectivity index (χ0n) is 14.1. The normalized spacial score (nSPS) is 10.9. The molecule has 1 heterocycles. The van der Waals surface area contributed by atoms with Crippen molar-refractivity contribution in [2.24, 2.45) is 0 Å². The largest absolute Gasteiger partial charge is 0.296 e. The van der Waals surface area contributed by atoms with E-state index in [1.54, 1.807) is 24.3 Å². The van der Waals surface area contributed by atoms with Crippen LogP contribution in [0.2, 0.25) is 0 Å². The van der Waals surface area contributed by atoms with E-state index in [4.69, 9.17) is 0 Å². The predicted octanol–water partition coefficient (Wildman–Crippen LogP) is 5.38. The van der Waals surface area contributed by atoms with Crippen molar-refractivity contribution >= 4 is 44.9 Å². The van der Waals surface area contributed by atoms with Gasteiger partial charge in [0.05, 0.1) is 0 Å². The van der Waals surface area contributed by atoms with Crippen molar-refractivity contribution in [3.63, 3.8) is 0 Å². The van der Waals surface area contributed by atoms with Crippen LogP contribution in [0.5, 0.6) is 0 Å². The minimum atomic E-state index is -0.237. The van der Waals surface area contributed by atoms with E-state index in [-0.39, 0.29) is 11.7 Å². The molecule has 0 radical (unpaired) electrons. The second kappa shape index (κ2) is 7.85. The SMILES string of the molecule is O=C(Nc1nnc(SCc2ccccc2F)s1)c1cccc2ccccc12. The fourth-order valence-electron chi connectivity index (χ4n) is 2.66. The van der Waals surface area contributed by atoms with E-state index in [1.807, 2.05) is 36.4 Å². The summed E-state index contributed by atoms with van der Waals surface area (Å²) in [6, 6.07) is 20.0. The maximum Gasteiger partial charge on any atom is 0.258 e. The lowest BCUT2D eigenvalue weighted by molar-refractivity contribution is 0.102. The molecule has 1 aromatic heterocycles. The van der Waals surface area contributed by atoms with Crippen LogP contribution in [-0.4, -0.2) is 16.1 Å². The quantitative estimate of drug-likeness (QED) is 0.364. The van der Waals surface area contributed by atoms with Gasteiger partial charge in [0.1, 0.15) is 5.82 Å². The molecule has 0 saturated carbocycles. The number of nitrogens with one attached hydrogen (secondary N) is 1. The Hall–Kier alpha value is -2.77. The third-order valence-corrected chi connectivity index (χ3v) is 5.99. The zero-order valence-corrected chi connectivity index (χ0v) is 15.7. The van der Waals surface area contributed by atoms with Gasteiger partial charge in [0.25, 0.3) is 5.91 Å². The monoisotopic (exact) mass is 395 g/mol. The Morgan fingerprint density at radius 2 is 1.78 bits per heavy atom. The highest BCUT2D eigenvalue weighted by atomic mass is 32.2. The molecule has 0 aliphatic heterocycles. The van der Waals surface area contributed by atoms with Gasteiger partial charge in [-0.25, -0.2) is 4.39 Å². The van der Waals surface area contributed by atoms with Gasteiger partial charge in [-0.1, -0.05) is 77.7 Å². The Kier molecular flexibility index (Phi) is 5.13. The maximum atomic E-state index is 13.7. The van der Waals surface area contributed by atoms with Gasteiger partial charge in [-0.05, 0) is 28.5 Å². The fourth-order valence-corrected chi connectivity index (χ4v) is 4.39. The van der Waals surface area contributed by atoms with Crippen LogP contribution in [0.15, 0.2) is 71.1 Å². The van der Waals surface area contributed by atoms with Gasteiger partial charge in [-0.3, -0.25) is 10.1 Å². The van der Waals surface area contributed by atoms with Crippen molar-refractivity contribution in [3.05, 3.63) is 83.7 Å². The molecule has 3 aromatic carbocycles. The average molecular weight is 395 g/mol. The smallest absolute Gasteiger partial charge is 0.258 e. The summed E-state index contributed by atoms with van der Waals surface area (Å²) in [7, 11) is 0. The van der Waals surface area contributed by atoms with Gasteiger partial charge >= 0.3 is 0 Å². The highest BCUT2D eigenvalue weighted by Gasteiger charge is 2.13. The van der Waals surface area contributed by atoms with E-state index in [9.17, 15) is 9.18 Å². The molecule has 1 N–H and O–H groups in total. The lowest BCUT2D eigenvalue weighted by Gasteiger charge is -2.05. The van der Waals surface area contributed by atoms with Crippen molar-refractivity contribution in [2.75, 3.05) is 5.32 Å². The van der Waals surface area contributed by atoms with Gasteiger partial charge in [-0.2, -0.15) is 0 Å². The highest BCUT2D eigenvalue weighted by Crippen LogP contribution is 2.29. The molecule has 1 amide bonds. The number of hydrogen-bond donors (Lipinski definition) is 1. The Balaban J connectivity index is 1.46. The third kappa shape index (κ3) is 3.99. The molecule has 4 aromatic rings. The summed E-state index contributed by atoms with van der Waals surface area (Å²) in [5.41, 5.74) is 1.20. The molecule has 0 aliphatic rings. The predicted molar refractivity (Wildman–Crippen MR) is 108 cm³/mol. The van der Waals surface area contributed by atoms with Crippen molar-refractivity contribution in [1.29, 1.82) is 0 Å². The van der Waals surface area contributed by atoms with Crippen LogP contribution in [0.1, 0.15) is 15.9 Å². The van der Waals surface area contributed by atoms with E-state index in [0.29, 0.717) is 26.4 Å². The second-order valence-electron chi connectivity index (χ2n) is 5.73. The van der Waals surface area contributed by atoms with Gasteiger partial charge in [0.2, 0.25) is 5.13 Å². The first kappa shape index (κ1) is 17.6. The molecule has 0 bridgehead atoms. The minimum absolute atomic E-state index is 0.228. The van der Waals surface area contributed by atoms with E-state index < -0.39 is 0 Å². The van der Waals surface area contributed by atoms with Crippen molar-refractivity contribution < 1.29 is 9.18 Å². The molecular weight excluding hydrogens is 381 g/mol. The lowest BCUT2D eigenvalue weighted by atomic mass is 10.0. The van der Waals surface area contributed by atoms with Crippen LogP contribution in [-0.2, 0) is 5.75 Å². The molecule has 0 spiro atoms. The number of carbonyl (C=O) groups excluding carboxylic acids is 1. The number of halogens is 1. The second-order valence-corrected chi connectivity index (χ2v) is 7.93. The van der Waals surface area contributed by atoms with Gasteiger partial charge in [0, 0.05) is 11.3 Å². The van der Waals surface area contributed by atoms with E-state index in [2.05, 4.69) is 15.5 Å². The molecule has 0 unspecified atom stereocenters. The van der Waals surface area contributed by atoms with Crippen LogP contribution in [0.3, 0.4) is 0 Å². The Morgan fingerprint density at radius 3 is 2.67 bits per heavy atom. The molecule has 7 heteroatoms. The standard InChI is InChI=1S/C20H14FN3OS2/c21-17-11-4-2-7-14(17)12-26-20-24-23-19(27-20)22-18(25)16-10-5-8-13-6-1-3-9-15(13)16/h1-11H,12H2,(H,22,23,25). The first-order valence-corrected chi connectivity index (χ1v) is 10.00. The molecule has 0 saturated heterocycles. The maximum absolute atomic E-state index is 13.7. The molecule has 4 rings (SSSR count). The minimum Gasteiger partial charge on any atom is -0.296 e. The van der Waals surface area contributed by atoms with E-state index in [1.165, 1.54) is 29.2 Å². The number of fused-ring (bicyclic) bond motifs is 1. The Labute approximate surface area is 163 Å². The van der Waals surface area contributed by atoms with Crippen LogP contribution in [0, 0.1) is 5.82 Å². The number of carbonyl (C=O) groups is 1. The number of anilines is 1. The average Bonchev–Trinajstić information content (AvgIpc) is 3.14. The summed E-state index contributed by atoms with van der Waals surface area (Å²) in [6.45, 7) is 0. The van der Waals surface area contributed by atoms with Crippen molar-refractivity contribution in [3.8, 4) is 0 Å². The summed E-state index contributed by atoms with van der Waals surface area (Å²) < 4.78 is 14.4. The number of rotatable bonds is 5. The highest BCUT2D eigenvalue weighted by molar-refractivity contribution is 8.00. The zero-order chi connectivity index (χ0) is 18.6. The van der Waals surface area contributed by atoms with Gasteiger partial charge in [-0.15, -0.1) is 10.2 Å². The van der Waals surface area contributed by atoms with Crippen LogP contribution in [0.4, 0.5) is 9.52 Å². The number of amides is 1. The molecular formula is C20H14FN3OS2. The number of aromatic nitrogens is 2. The summed E-state index contributed by atoms with van der Waals surface area (Å²) in [4.78, 5) is 12.6. The summed E-state index contributed by atoms with van der Waals surface area (Å²) in [5, 5.41) is 13.2. The topological polar surface area (TPSA) is 54.9 Å². The lowest BCUT2D eigenvalue weighted by Crippen LogP contribution is -2.12. The molecule has 4 nitrogen and oxygen atoms in total. The van der Waals surface area contributed by atoms with Crippen LogP contribution >= 0.6 is 23.1 Å². The first-order valence-electron chi connectivity index (χ1n) is 8.19. The molecule has 0 aliphatic carbocycles. The number of nitrogens with zero attached hydrogens (tertiary/aromatic N) is 2. The fraction of sp³-hybridized carbons (Fsp3) is 0.0500. The van der Waals surface area contributed by atoms with Gasteiger partial charge < -0.3 is 0 Å². The molecule has 27 heavy (non-hydrogen) atoms. The summed E-state index contributed by atoms with van der Waals surface area (Å²) >= 11 is 2.66. The number of hydrogen-bond acceptors (Lipinski definition) is 5. The van der Waals surface area contributed by atoms with Crippen molar-refractivity contribution in [1.82, 2.24) is 10.2 Å². The van der Waals surface area contributed by atoms with Gasteiger partial charge in [0.15, 0.2) is 4.34 Å². The summed E-state index contributed by atoms with van der Waals surface area (Å²) in [6.07, 6.45) is 0. The first-order chi connectivity index (χ1) is 13.2.